The molecule has 7 heteroatoms. The lowest BCUT2D eigenvalue weighted by Crippen LogP contribution is -2.47. The molecule has 1 saturated carbocycles. The summed E-state index contributed by atoms with van der Waals surface area (Å²) in [7, 11) is 0. The Morgan fingerprint density at radius 1 is 1.11 bits per heavy atom. The van der Waals surface area contributed by atoms with Crippen molar-refractivity contribution in [3.63, 3.8) is 0 Å². The Morgan fingerprint density at radius 2 is 1.89 bits per heavy atom. The van der Waals surface area contributed by atoms with Crippen molar-refractivity contribution in [2.45, 2.75) is 50.3 Å². The van der Waals surface area contributed by atoms with Crippen molar-refractivity contribution >= 4 is 11.6 Å². The maximum absolute atomic E-state index is 13.0. The molecule has 2 saturated heterocycles. The number of imidazole rings is 1. The van der Waals surface area contributed by atoms with Gasteiger partial charge in [0, 0.05) is 56.2 Å². The van der Waals surface area contributed by atoms with Crippen LogP contribution in [0.3, 0.4) is 0 Å². The number of pyridine rings is 1. The van der Waals surface area contributed by atoms with E-state index in [-0.39, 0.29) is 11.5 Å². The first-order chi connectivity index (χ1) is 13.7. The third-order valence-electron chi connectivity index (χ3n) is 6.32. The van der Waals surface area contributed by atoms with E-state index in [1.54, 1.807) is 0 Å². The minimum absolute atomic E-state index is 0.195. The summed E-state index contributed by atoms with van der Waals surface area (Å²) in [5, 5.41) is 0. The van der Waals surface area contributed by atoms with E-state index >= 15 is 0 Å². The molecule has 5 rings (SSSR count). The van der Waals surface area contributed by atoms with Gasteiger partial charge in [-0.05, 0) is 37.8 Å². The van der Waals surface area contributed by atoms with E-state index in [9.17, 15) is 4.79 Å². The van der Waals surface area contributed by atoms with Gasteiger partial charge in [-0.15, -0.1) is 0 Å². The molecular formula is C21H27N5O2. The van der Waals surface area contributed by atoms with E-state index in [0.29, 0.717) is 32.2 Å². The Morgan fingerprint density at radius 3 is 2.64 bits per heavy atom. The molecule has 0 radical (unpaired) electrons. The normalized spacial score (nSPS) is 22.5. The van der Waals surface area contributed by atoms with E-state index < -0.39 is 0 Å². The fourth-order valence-electron chi connectivity index (χ4n) is 4.47. The van der Waals surface area contributed by atoms with Gasteiger partial charge < -0.3 is 19.1 Å². The summed E-state index contributed by atoms with van der Waals surface area (Å²) in [6, 6.07) is 4.67. The van der Waals surface area contributed by atoms with Crippen molar-refractivity contribution < 1.29 is 9.53 Å². The number of carbonyl (C=O) groups is 1. The van der Waals surface area contributed by atoms with Gasteiger partial charge in [0.1, 0.15) is 5.82 Å². The SMILES string of the molecule is O=C1CC2(CCN(c3ccncc3)CC2)OCCN1Cc1nccn1C1CC1. The minimum Gasteiger partial charge on any atom is -0.372 e. The smallest absolute Gasteiger partial charge is 0.225 e. The standard InChI is InChI=1S/C21H27N5O2/c27-20-15-21(5-10-24(11-6-21)17-3-7-22-8-4-17)28-14-13-25(20)16-19-23-9-12-26(19)18-1-2-18/h3-4,7-9,12,18H,1-2,5-6,10-11,13-16H2. The summed E-state index contributed by atoms with van der Waals surface area (Å²) >= 11 is 0. The molecule has 4 heterocycles. The Kier molecular flexibility index (Phi) is 4.55. The van der Waals surface area contributed by atoms with E-state index in [2.05, 4.69) is 19.4 Å². The molecule has 1 spiro atoms. The third kappa shape index (κ3) is 3.51. The van der Waals surface area contributed by atoms with Crippen molar-refractivity contribution in [2.75, 3.05) is 31.1 Å². The van der Waals surface area contributed by atoms with Gasteiger partial charge >= 0.3 is 0 Å². The zero-order valence-electron chi connectivity index (χ0n) is 16.2. The molecule has 3 fully saturated rings. The lowest BCUT2D eigenvalue weighted by Gasteiger charge is -2.41. The van der Waals surface area contributed by atoms with E-state index in [0.717, 1.165) is 31.8 Å². The van der Waals surface area contributed by atoms with E-state index in [1.165, 1.54) is 18.5 Å². The number of amides is 1. The van der Waals surface area contributed by atoms with Gasteiger partial charge in [-0.1, -0.05) is 0 Å². The lowest BCUT2D eigenvalue weighted by molar-refractivity contribution is -0.134. The molecule has 2 aromatic rings. The number of anilines is 1. The maximum Gasteiger partial charge on any atom is 0.225 e. The molecule has 0 unspecified atom stereocenters. The second-order valence-electron chi connectivity index (χ2n) is 8.20. The average molecular weight is 381 g/mol. The van der Waals surface area contributed by atoms with Crippen LogP contribution in [0.5, 0.6) is 0 Å². The Balaban J connectivity index is 1.23. The van der Waals surface area contributed by atoms with Gasteiger partial charge in [-0.25, -0.2) is 4.98 Å². The average Bonchev–Trinajstić information content (AvgIpc) is 3.48. The van der Waals surface area contributed by atoms with E-state index in [1.807, 2.05) is 41.8 Å². The highest BCUT2D eigenvalue weighted by atomic mass is 16.5. The van der Waals surface area contributed by atoms with Crippen LogP contribution in [0.1, 0.15) is 44.0 Å². The van der Waals surface area contributed by atoms with Crippen molar-refractivity contribution in [1.82, 2.24) is 19.4 Å². The quantitative estimate of drug-likeness (QED) is 0.814. The van der Waals surface area contributed by atoms with E-state index in [4.69, 9.17) is 4.74 Å². The van der Waals surface area contributed by atoms with Gasteiger partial charge in [0.15, 0.2) is 0 Å². The van der Waals surface area contributed by atoms with Crippen LogP contribution in [-0.4, -0.2) is 57.2 Å². The largest absolute Gasteiger partial charge is 0.372 e. The fourth-order valence-corrected chi connectivity index (χ4v) is 4.47. The summed E-state index contributed by atoms with van der Waals surface area (Å²) in [5.41, 5.74) is 0.875. The van der Waals surface area contributed by atoms with Gasteiger partial charge in [-0.3, -0.25) is 9.78 Å². The van der Waals surface area contributed by atoms with Crippen LogP contribution < -0.4 is 4.90 Å². The summed E-state index contributed by atoms with van der Waals surface area (Å²) < 4.78 is 8.53. The first-order valence-electron chi connectivity index (χ1n) is 10.3. The zero-order chi connectivity index (χ0) is 19.0. The van der Waals surface area contributed by atoms with Crippen LogP contribution in [0.4, 0.5) is 5.69 Å². The first kappa shape index (κ1) is 17.7. The van der Waals surface area contributed by atoms with Crippen molar-refractivity contribution in [2.24, 2.45) is 0 Å². The predicted octanol–water partition coefficient (Wildman–Crippen LogP) is 2.40. The molecular weight excluding hydrogens is 354 g/mol. The number of ether oxygens (including phenoxy) is 1. The van der Waals surface area contributed by atoms with Crippen molar-refractivity contribution in [1.29, 1.82) is 0 Å². The number of rotatable bonds is 4. The summed E-state index contributed by atoms with van der Waals surface area (Å²) in [4.78, 5) is 25.9. The fraction of sp³-hybridized carbons (Fsp3) is 0.571. The van der Waals surface area contributed by atoms with Crippen LogP contribution in [-0.2, 0) is 16.1 Å². The molecule has 0 atom stereocenters. The first-order valence-corrected chi connectivity index (χ1v) is 10.3. The van der Waals surface area contributed by atoms with Gasteiger partial charge in [-0.2, -0.15) is 0 Å². The second-order valence-corrected chi connectivity index (χ2v) is 8.20. The highest BCUT2D eigenvalue weighted by Crippen LogP contribution is 2.37. The predicted molar refractivity (Wildman–Crippen MR) is 105 cm³/mol. The number of hydrogen-bond acceptors (Lipinski definition) is 5. The Hall–Kier alpha value is -2.41. The van der Waals surface area contributed by atoms with Gasteiger partial charge in [0.2, 0.25) is 5.91 Å². The van der Waals surface area contributed by atoms with Crippen LogP contribution in [0.15, 0.2) is 36.9 Å². The molecule has 148 valence electrons. The highest BCUT2D eigenvalue weighted by Gasteiger charge is 2.41. The molecule has 1 amide bonds. The molecule has 0 N–H and O–H groups in total. The number of carbonyl (C=O) groups excluding carboxylic acids is 1. The zero-order valence-corrected chi connectivity index (χ0v) is 16.2. The number of nitrogens with zero attached hydrogens (tertiary/aromatic N) is 5. The topological polar surface area (TPSA) is 63.5 Å². The molecule has 1 aliphatic carbocycles. The van der Waals surface area contributed by atoms with Gasteiger partial charge in [0.25, 0.3) is 0 Å². The second kappa shape index (κ2) is 7.20. The summed E-state index contributed by atoms with van der Waals surface area (Å²) in [6.45, 7) is 3.65. The highest BCUT2D eigenvalue weighted by molar-refractivity contribution is 5.77. The Labute approximate surface area is 165 Å². The lowest BCUT2D eigenvalue weighted by atomic mass is 9.87. The minimum atomic E-state index is -0.318. The summed E-state index contributed by atoms with van der Waals surface area (Å²) in [5.74, 6) is 1.19. The molecule has 28 heavy (non-hydrogen) atoms. The van der Waals surface area contributed by atoms with Crippen molar-refractivity contribution in [3.8, 4) is 0 Å². The summed E-state index contributed by atoms with van der Waals surface area (Å²) in [6.07, 6.45) is 12.2. The Bertz CT molecular complexity index is 824. The third-order valence-corrected chi connectivity index (χ3v) is 6.32. The van der Waals surface area contributed by atoms with Crippen LogP contribution in [0, 0.1) is 0 Å². The van der Waals surface area contributed by atoms with Crippen LogP contribution in [0.25, 0.3) is 0 Å². The number of piperidine rings is 1. The molecule has 3 aliphatic rings. The maximum atomic E-state index is 13.0. The molecule has 2 aliphatic heterocycles. The molecule has 0 bridgehead atoms. The van der Waals surface area contributed by atoms with Crippen LogP contribution >= 0.6 is 0 Å². The molecule has 0 aromatic carbocycles. The van der Waals surface area contributed by atoms with Crippen LogP contribution in [0.2, 0.25) is 0 Å². The molecule has 7 nitrogen and oxygen atoms in total. The van der Waals surface area contributed by atoms with Gasteiger partial charge in [0.05, 0.1) is 25.2 Å². The van der Waals surface area contributed by atoms with Crippen molar-refractivity contribution in [3.05, 3.63) is 42.7 Å². The monoisotopic (exact) mass is 381 g/mol. The molecule has 2 aromatic heterocycles. The number of hydrogen-bond donors (Lipinski definition) is 0. The number of aromatic nitrogens is 3.